The Kier molecular flexibility index (Phi) is 6.55. The largest absolute Gasteiger partial charge is 0.478 e. The molecule has 0 saturated carbocycles. The number of hydrogen-bond acceptors (Lipinski definition) is 3. The van der Waals surface area contributed by atoms with Crippen molar-refractivity contribution in [1.82, 2.24) is 19.3 Å². The van der Waals surface area contributed by atoms with Crippen LogP contribution in [0.25, 0.3) is 27.8 Å². The standard InChI is InChI=1S/C36H27FN4O2/c37-32-21-30(17-18-31(32)35(42)43)40-24-38-33-19-16-25(20-34(33)40)26-22-39-41(23-26)36(27-10-4-1-5-11-27,28-12-6-2-7-13-28)29-14-8-3-9-15-29/h1-14,16-24,29H,15H2,(H,42,43). The zero-order valence-corrected chi connectivity index (χ0v) is 23.1. The molecule has 0 amide bonds. The molecule has 0 radical (unpaired) electrons. The Morgan fingerprint density at radius 1 is 0.884 bits per heavy atom. The van der Waals surface area contributed by atoms with Gasteiger partial charge in [0.25, 0.3) is 0 Å². The minimum Gasteiger partial charge on any atom is -0.478 e. The van der Waals surface area contributed by atoms with Crippen LogP contribution in [0.2, 0.25) is 0 Å². The van der Waals surface area contributed by atoms with E-state index in [-0.39, 0.29) is 11.5 Å². The van der Waals surface area contributed by atoms with Crippen molar-refractivity contribution in [3.8, 4) is 16.8 Å². The number of benzene rings is 4. The smallest absolute Gasteiger partial charge is 0.338 e. The maximum atomic E-state index is 14.6. The number of nitrogens with zero attached hydrogens (tertiary/aromatic N) is 4. The molecule has 7 heteroatoms. The molecule has 0 saturated heterocycles. The van der Waals surface area contributed by atoms with Gasteiger partial charge in [-0.2, -0.15) is 5.10 Å². The highest BCUT2D eigenvalue weighted by molar-refractivity contribution is 5.88. The molecular formula is C36H27FN4O2. The third-order valence-corrected chi connectivity index (χ3v) is 8.23. The lowest BCUT2D eigenvalue weighted by atomic mass is 9.70. The molecule has 0 spiro atoms. The van der Waals surface area contributed by atoms with Gasteiger partial charge in [-0.3, -0.25) is 9.25 Å². The number of aromatic carboxylic acids is 1. The van der Waals surface area contributed by atoms with Crippen LogP contribution in [0.15, 0.2) is 140 Å². The van der Waals surface area contributed by atoms with Crippen LogP contribution in [-0.2, 0) is 5.54 Å². The Morgan fingerprint density at radius 3 is 2.28 bits per heavy atom. The molecule has 210 valence electrons. The second kappa shape index (κ2) is 10.7. The molecule has 1 aliphatic rings. The van der Waals surface area contributed by atoms with Gasteiger partial charge in [-0.05, 0) is 53.4 Å². The minimum absolute atomic E-state index is 0.114. The number of imidazole rings is 1. The van der Waals surface area contributed by atoms with Crippen molar-refractivity contribution >= 4 is 17.0 Å². The molecule has 1 unspecified atom stereocenters. The van der Waals surface area contributed by atoms with Gasteiger partial charge in [0.2, 0.25) is 0 Å². The predicted molar refractivity (Wildman–Crippen MR) is 165 cm³/mol. The van der Waals surface area contributed by atoms with Gasteiger partial charge >= 0.3 is 5.97 Å². The molecular weight excluding hydrogens is 539 g/mol. The number of halogens is 1. The molecule has 0 aliphatic heterocycles. The van der Waals surface area contributed by atoms with Crippen molar-refractivity contribution in [3.63, 3.8) is 0 Å². The van der Waals surface area contributed by atoms with Crippen LogP contribution in [0.4, 0.5) is 4.39 Å². The van der Waals surface area contributed by atoms with Gasteiger partial charge in [0.05, 0.1) is 28.5 Å². The quantitative estimate of drug-likeness (QED) is 0.215. The Bertz CT molecular complexity index is 1970. The molecule has 0 bridgehead atoms. The summed E-state index contributed by atoms with van der Waals surface area (Å²) in [6.45, 7) is 0. The van der Waals surface area contributed by atoms with Crippen molar-refractivity contribution in [2.45, 2.75) is 12.0 Å². The number of carboxylic acids is 1. The first-order valence-electron chi connectivity index (χ1n) is 14.1. The maximum absolute atomic E-state index is 14.6. The van der Waals surface area contributed by atoms with Gasteiger partial charge in [-0.25, -0.2) is 14.2 Å². The van der Waals surface area contributed by atoms with Crippen LogP contribution in [0.5, 0.6) is 0 Å². The first kappa shape index (κ1) is 26.3. The van der Waals surface area contributed by atoms with E-state index in [0.29, 0.717) is 5.69 Å². The fourth-order valence-corrected chi connectivity index (χ4v) is 6.19. The summed E-state index contributed by atoms with van der Waals surface area (Å²) in [5.74, 6) is -1.99. The number of carboxylic acid groups (broad SMARTS) is 1. The summed E-state index contributed by atoms with van der Waals surface area (Å²) in [5, 5.41) is 14.2. The Balaban J connectivity index is 1.37. The Morgan fingerprint density at radius 2 is 1.63 bits per heavy atom. The predicted octanol–water partition coefficient (Wildman–Crippen LogP) is 7.65. The summed E-state index contributed by atoms with van der Waals surface area (Å²) in [6.07, 6.45) is 15.1. The van der Waals surface area contributed by atoms with E-state index in [4.69, 9.17) is 5.10 Å². The van der Waals surface area contributed by atoms with Gasteiger partial charge in [-0.15, -0.1) is 0 Å². The van der Waals surface area contributed by atoms with E-state index in [0.717, 1.165) is 39.7 Å². The molecule has 0 fully saturated rings. The topological polar surface area (TPSA) is 72.9 Å². The first-order chi connectivity index (χ1) is 21.1. The van der Waals surface area contributed by atoms with E-state index in [2.05, 4.69) is 88.7 Å². The van der Waals surface area contributed by atoms with Crippen LogP contribution in [0.1, 0.15) is 27.9 Å². The number of aromatic nitrogens is 4. The molecule has 4 aromatic carbocycles. The zero-order valence-electron chi connectivity index (χ0n) is 23.1. The average Bonchev–Trinajstić information content (AvgIpc) is 3.71. The number of allylic oxidation sites excluding steroid dienone is 4. The van der Waals surface area contributed by atoms with Crippen LogP contribution in [-0.4, -0.2) is 30.4 Å². The number of carbonyl (C=O) groups is 1. The lowest BCUT2D eigenvalue weighted by Crippen LogP contribution is -2.43. The molecule has 2 heterocycles. The third-order valence-electron chi connectivity index (χ3n) is 8.23. The van der Waals surface area contributed by atoms with Crippen molar-refractivity contribution in [3.05, 3.63) is 163 Å². The van der Waals surface area contributed by atoms with Gasteiger partial charge in [-0.1, -0.05) is 91.0 Å². The Labute approximate surface area is 247 Å². The van der Waals surface area contributed by atoms with E-state index in [1.54, 1.807) is 17.0 Å². The number of fused-ring (bicyclic) bond motifs is 1. The van der Waals surface area contributed by atoms with Gasteiger partial charge < -0.3 is 5.11 Å². The average molecular weight is 567 g/mol. The highest BCUT2D eigenvalue weighted by Gasteiger charge is 2.43. The fraction of sp³-hybridized carbons (Fsp3) is 0.0833. The van der Waals surface area contributed by atoms with E-state index in [9.17, 15) is 14.3 Å². The summed E-state index contributed by atoms with van der Waals surface area (Å²) < 4.78 is 18.4. The number of rotatable bonds is 7. The minimum atomic E-state index is -1.30. The molecule has 2 aromatic heterocycles. The summed E-state index contributed by atoms with van der Waals surface area (Å²) in [7, 11) is 0. The van der Waals surface area contributed by atoms with Crippen molar-refractivity contribution < 1.29 is 14.3 Å². The van der Waals surface area contributed by atoms with E-state index in [1.165, 1.54) is 12.1 Å². The second-order valence-electron chi connectivity index (χ2n) is 10.6. The van der Waals surface area contributed by atoms with Gasteiger partial charge in [0.1, 0.15) is 17.7 Å². The van der Waals surface area contributed by atoms with Crippen molar-refractivity contribution in [2.24, 2.45) is 5.92 Å². The normalized spacial score (nSPS) is 14.8. The highest BCUT2D eigenvalue weighted by atomic mass is 19.1. The molecule has 43 heavy (non-hydrogen) atoms. The van der Waals surface area contributed by atoms with Crippen LogP contribution >= 0.6 is 0 Å². The summed E-state index contributed by atoms with van der Waals surface area (Å²) >= 11 is 0. The summed E-state index contributed by atoms with van der Waals surface area (Å²) in [5.41, 5.74) is 5.16. The number of hydrogen-bond donors (Lipinski definition) is 1. The summed E-state index contributed by atoms with van der Waals surface area (Å²) in [6, 6.07) is 31.0. The SMILES string of the molecule is O=C(O)c1ccc(-n2cnc3ccc(-c4cnn(C(c5ccccc5)(c5ccccc5)C5C=CC=CC5)c4)cc32)cc1F. The molecule has 1 aliphatic carbocycles. The molecule has 1 N–H and O–H groups in total. The summed E-state index contributed by atoms with van der Waals surface area (Å²) in [4.78, 5) is 15.8. The first-order valence-corrected chi connectivity index (χ1v) is 14.1. The zero-order chi connectivity index (χ0) is 29.4. The monoisotopic (exact) mass is 566 g/mol. The van der Waals surface area contributed by atoms with E-state index >= 15 is 0 Å². The molecule has 7 rings (SSSR count). The Hall–Kier alpha value is -5.56. The van der Waals surface area contributed by atoms with E-state index in [1.807, 2.05) is 36.5 Å². The van der Waals surface area contributed by atoms with Gasteiger partial charge in [0, 0.05) is 17.7 Å². The lowest BCUT2D eigenvalue weighted by Gasteiger charge is -2.41. The fourth-order valence-electron chi connectivity index (χ4n) is 6.19. The molecule has 1 atom stereocenters. The van der Waals surface area contributed by atoms with Crippen LogP contribution in [0, 0.1) is 11.7 Å². The van der Waals surface area contributed by atoms with Gasteiger partial charge in [0.15, 0.2) is 0 Å². The van der Waals surface area contributed by atoms with Crippen LogP contribution < -0.4 is 0 Å². The lowest BCUT2D eigenvalue weighted by molar-refractivity contribution is 0.0692. The molecule has 6 aromatic rings. The third kappa shape index (κ3) is 4.46. The molecule has 6 nitrogen and oxygen atoms in total. The van der Waals surface area contributed by atoms with Crippen molar-refractivity contribution in [1.29, 1.82) is 0 Å². The second-order valence-corrected chi connectivity index (χ2v) is 10.6. The van der Waals surface area contributed by atoms with Crippen molar-refractivity contribution in [2.75, 3.05) is 0 Å². The maximum Gasteiger partial charge on any atom is 0.338 e. The van der Waals surface area contributed by atoms with E-state index < -0.39 is 17.3 Å². The highest BCUT2D eigenvalue weighted by Crippen LogP contribution is 2.44. The van der Waals surface area contributed by atoms with Crippen LogP contribution in [0.3, 0.4) is 0 Å².